The minimum Gasteiger partial charge on any atom is -0.450 e. The fourth-order valence-electron chi connectivity index (χ4n) is 0.237. The summed E-state index contributed by atoms with van der Waals surface area (Å²) in [7, 11) is 0. The van der Waals surface area contributed by atoms with Crippen LogP contribution in [0.1, 0.15) is 34.1 Å². The van der Waals surface area contributed by atoms with E-state index in [1.54, 1.807) is 0 Å². The van der Waals surface area contributed by atoms with Crippen molar-refractivity contribution in [2.24, 2.45) is 5.73 Å². The smallest absolute Gasteiger partial charge is 0.404 e. The second-order valence-electron chi connectivity index (χ2n) is 1.24. The molecule has 4 nitrogen and oxygen atoms in total. The number of aliphatic hydroxyl groups is 1. The Kier molecular flexibility index (Phi) is 32.5. The van der Waals surface area contributed by atoms with E-state index in [2.05, 4.69) is 10.5 Å². The van der Waals surface area contributed by atoms with E-state index in [1.807, 2.05) is 27.7 Å². The number of hydrogen-bond acceptors (Lipinski definition) is 3. The summed E-state index contributed by atoms with van der Waals surface area (Å²) in [4.78, 5) is 9.79. The van der Waals surface area contributed by atoms with Crippen molar-refractivity contribution in [2.75, 3.05) is 13.2 Å². The molecule has 0 aromatic heterocycles. The molecule has 0 saturated heterocycles. The van der Waals surface area contributed by atoms with Gasteiger partial charge in [0.05, 0.1) is 6.61 Å². The highest BCUT2D eigenvalue weighted by Crippen LogP contribution is 1.78. The number of amides is 1. The average Bonchev–Trinajstić information content (AvgIpc) is 2.12. The van der Waals surface area contributed by atoms with Gasteiger partial charge in [-0.15, -0.1) is 0 Å². The van der Waals surface area contributed by atoms with Gasteiger partial charge in [-0.05, 0) is 0 Å². The summed E-state index contributed by atoms with van der Waals surface area (Å²) in [6.07, 6.45) is -0.346. The Morgan fingerprint density at radius 1 is 1.33 bits per heavy atom. The molecule has 0 spiro atoms. The number of carbonyl (C=O) groups excluding carboxylic acids is 1. The van der Waals surface area contributed by atoms with E-state index in [4.69, 9.17) is 5.11 Å². The second-order valence-corrected chi connectivity index (χ2v) is 1.24. The van der Waals surface area contributed by atoms with Gasteiger partial charge in [-0.2, -0.15) is 0 Å². The van der Waals surface area contributed by atoms with Crippen molar-refractivity contribution in [1.29, 1.82) is 0 Å². The molecule has 0 aliphatic carbocycles. The lowest BCUT2D eigenvalue weighted by Gasteiger charge is -1.95. The normalized spacial score (nSPS) is 6.75. The van der Waals surface area contributed by atoms with Gasteiger partial charge in [0.2, 0.25) is 0 Å². The Morgan fingerprint density at radius 2 is 1.75 bits per heavy atom. The van der Waals surface area contributed by atoms with E-state index in [1.165, 1.54) is 0 Å². The Hall–Kier alpha value is -0.770. The van der Waals surface area contributed by atoms with Crippen molar-refractivity contribution >= 4 is 6.09 Å². The van der Waals surface area contributed by atoms with Gasteiger partial charge in [0.1, 0.15) is 0 Å². The fourth-order valence-corrected chi connectivity index (χ4v) is 0.237. The molecular weight excluding hydrogens is 158 g/mol. The number of hydrogen-bond donors (Lipinski definition) is 2. The van der Waals surface area contributed by atoms with E-state index >= 15 is 0 Å². The fraction of sp³-hybridized carbons (Fsp3) is 0.875. The van der Waals surface area contributed by atoms with Crippen LogP contribution in [0.4, 0.5) is 4.79 Å². The van der Waals surface area contributed by atoms with Gasteiger partial charge < -0.3 is 15.6 Å². The summed E-state index contributed by atoms with van der Waals surface area (Å²) in [6, 6.07) is 0. The van der Waals surface area contributed by atoms with Crippen LogP contribution in [0, 0.1) is 0 Å². The molecular formula is C8H21NO3. The third kappa shape index (κ3) is 34.9. The number of rotatable bonds is 3. The van der Waals surface area contributed by atoms with Crippen molar-refractivity contribution in [3.63, 3.8) is 0 Å². The van der Waals surface area contributed by atoms with Gasteiger partial charge >= 0.3 is 6.09 Å². The van der Waals surface area contributed by atoms with Crippen LogP contribution in [0.25, 0.3) is 0 Å². The Bertz CT molecular complexity index is 76.7. The average molecular weight is 179 g/mol. The van der Waals surface area contributed by atoms with E-state index in [-0.39, 0.29) is 13.2 Å². The summed E-state index contributed by atoms with van der Waals surface area (Å²) >= 11 is 0. The maximum atomic E-state index is 9.79. The molecule has 0 heterocycles. The number of aliphatic hydroxyl groups excluding tert-OH is 1. The molecule has 0 bridgehead atoms. The molecule has 0 saturated carbocycles. The molecule has 0 aromatic carbocycles. The number of primary amides is 1. The molecule has 0 fully saturated rings. The zero-order valence-corrected chi connectivity index (χ0v) is 8.46. The standard InChI is InChI=1S/C4H9NO3.2C2H6/c5-4(7)8-3-1-2-6;2*1-2/h6H,1-3H2,(H2,5,7);2*1-2H3. The molecule has 4 heteroatoms. The Labute approximate surface area is 74.7 Å². The summed E-state index contributed by atoms with van der Waals surface area (Å²) in [5.74, 6) is 0. The zero-order valence-electron chi connectivity index (χ0n) is 8.46. The van der Waals surface area contributed by atoms with Crippen molar-refractivity contribution in [3.05, 3.63) is 0 Å². The lowest BCUT2D eigenvalue weighted by Crippen LogP contribution is -2.14. The molecule has 0 aliphatic rings. The Balaban J connectivity index is -0.000000175. The quantitative estimate of drug-likeness (QED) is 0.645. The third-order valence-electron chi connectivity index (χ3n) is 0.547. The molecule has 0 atom stereocenters. The molecule has 1 amide bonds. The van der Waals surface area contributed by atoms with Crippen LogP contribution in [0.15, 0.2) is 0 Å². The highest BCUT2D eigenvalue weighted by molar-refractivity contribution is 5.64. The molecule has 0 unspecified atom stereocenters. The van der Waals surface area contributed by atoms with Crippen molar-refractivity contribution in [2.45, 2.75) is 34.1 Å². The maximum Gasteiger partial charge on any atom is 0.404 e. The van der Waals surface area contributed by atoms with E-state index in [9.17, 15) is 4.79 Å². The molecule has 0 aromatic rings. The number of ether oxygens (including phenoxy) is 1. The predicted octanol–water partition coefficient (Wildman–Crippen LogP) is 1.52. The van der Waals surface area contributed by atoms with E-state index < -0.39 is 6.09 Å². The maximum absolute atomic E-state index is 9.79. The molecule has 3 N–H and O–H groups in total. The SMILES string of the molecule is CC.CC.NC(=O)OCCCO. The van der Waals surface area contributed by atoms with Crippen molar-refractivity contribution < 1.29 is 14.6 Å². The molecule has 0 radical (unpaired) electrons. The summed E-state index contributed by atoms with van der Waals surface area (Å²) in [6.45, 7) is 8.22. The van der Waals surface area contributed by atoms with Crippen LogP contribution in [-0.2, 0) is 4.74 Å². The van der Waals surface area contributed by atoms with Crippen LogP contribution in [-0.4, -0.2) is 24.4 Å². The third-order valence-corrected chi connectivity index (χ3v) is 0.547. The van der Waals surface area contributed by atoms with E-state index in [0.717, 1.165) is 0 Å². The monoisotopic (exact) mass is 179 g/mol. The minimum absolute atomic E-state index is 0.0211. The first kappa shape index (κ1) is 17.4. The first-order chi connectivity index (χ1) is 5.77. The molecule has 12 heavy (non-hydrogen) atoms. The largest absolute Gasteiger partial charge is 0.450 e. The van der Waals surface area contributed by atoms with Crippen molar-refractivity contribution in [3.8, 4) is 0 Å². The van der Waals surface area contributed by atoms with Crippen LogP contribution >= 0.6 is 0 Å². The molecule has 0 aliphatic heterocycles. The van der Waals surface area contributed by atoms with E-state index in [0.29, 0.717) is 6.42 Å². The summed E-state index contributed by atoms with van der Waals surface area (Å²) < 4.78 is 4.26. The van der Waals surface area contributed by atoms with Gasteiger partial charge in [-0.25, -0.2) is 4.79 Å². The lowest BCUT2D eigenvalue weighted by atomic mass is 10.5. The Morgan fingerprint density at radius 3 is 2.00 bits per heavy atom. The van der Waals surface area contributed by atoms with Crippen LogP contribution < -0.4 is 5.73 Å². The first-order valence-electron chi connectivity index (χ1n) is 4.30. The molecule has 0 rings (SSSR count). The number of nitrogens with two attached hydrogens (primary N) is 1. The highest BCUT2D eigenvalue weighted by Gasteiger charge is 1.89. The van der Waals surface area contributed by atoms with Crippen LogP contribution in [0.3, 0.4) is 0 Å². The van der Waals surface area contributed by atoms with Crippen LogP contribution in [0.5, 0.6) is 0 Å². The van der Waals surface area contributed by atoms with Gasteiger partial charge in [-0.3, -0.25) is 0 Å². The second kappa shape index (κ2) is 22.5. The topological polar surface area (TPSA) is 72.6 Å². The molecule has 76 valence electrons. The van der Waals surface area contributed by atoms with Gasteiger partial charge in [0.25, 0.3) is 0 Å². The predicted molar refractivity (Wildman–Crippen MR) is 49.9 cm³/mol. The van der Waals surface area contributed by atoms with Gasteiger partial charge in [-0.1, -0.05) is 27.7 Å². The summed E-state index contributed by atoms with van der Waals surface area (Å²) in [5.41, 5.74) is 4.59. The van der Waals surface area contributed by atoms with Crippen molar-refractivity contribution in [1.82, 2.24) is 0 Å². The lowest BCUT2D eigenvalue weighted by molar-refractivity contribution is 0.145. The highest BCUT2D eigenvalue weighted by atomic mass is 16.5. The first-order valence-corrected chi connectivity index (χ1v) is 4.30. The van der Waals surface area contributed by atoms with Gasteiger partial charge in [0.15, 0.2) is 0 Å². The minimum atomic E-state index is -0.793. The zero-order chi connectivity index (χ0) is 10.4. The summed E-state index contributed by atoms with van der Waals surface area (Å²) in [5, 5.41) is 8.15. The number of carbonyl (C=O) groups is 1. The van der Waals surface area contributed by atoms with Crippen LogP contribution in [0.2, 0.25) is 0 Å². The van der Waals surface area contributed by atoms with Gasteiger partial charge in [0, 0.05) is 13.0 Å².